The first-order valence-electron chi connectivity index (χ1n) is 5.46. The van der Waals surface area contributed by atoms with Crippen molar-refractivity contribution in [2.45, 2.75) is 13.3 Å². The third-order valence-electron chi connectivity index (χ3n) is 2.29. The van der Waals surface area contributed by atoms with Crippen molar-refractivity contribution >= 4 is 11.5 Å². The third kappa shape index (κ3) is 3.48. The number of esters is 1. The van der Waals surface area contributed by atoms with E-state index in [1.807, 2.05) is 37.3 Å². The maximum absolute atomic E-state index is 11.5. The zero-order valence-corrected chi connectivity index (χ0v) is 9.85. The maximum atomic E-state index is 11.5. The van der Waals surface area contributed by atoms with Crippen molar-refractivity contribution in [1.29, 1.82) is 0 Å². The van der Waals surface area contributed by atoms with Crippen molar-refractivity contribution in [2.24, 2.45) is 0 Å². The van der Waals surface area contributed by atoms with E-state index in [0.29, 0.717) is 12.0 Å². The highest BCUT2D eigenvalue weighted by atomic mass is 16.5. The number of aliphatic hydroxyl groups excluding tert-OH is 1. The maximum Gasteiger partial charge on any atom is 0.374 e. The third-order valence-corrected chi connectivity index (χ3v) is 2.29. The summed E-state index contributed by atoms with van der Waals surface area (Å²) in [5, 5.41) is 9.83. The number of allylic oxidation sites excluding steroid dienone is 1. The van der Waals surface area contributed by atoms with Crippen LogP contribution in [0.3, 0.4) is 0 Å². The highest BCUT2D eigenvalue weighted by molar-refractivity contribution is 5.95. The fourth-order valence-electron chi connectivity index (χ4n) is 1.47. The van der Waals surface area contributed by atoms with Crippen LogP contribution in [0.2, 0.25) is 0 Å². The van der Waals surface area contributed by atoms with E-state index in [4.69, 9.17) is 4.74 Å². The van der Waals surface area contributed by atoms with E-state index in [-0.39, 0.29) is 12.4 Å². The topological polar surface area (TPSA) is 46.5 Å². The van der Waals surface area contributed by atoms with Gasteiger partial charge in [-0.15, -0.1) is 0 Å². The Hall–Kier alpha value is -2.03. The number of carbonyl (C=O) groups excluding carboxylic acids is 1. The van der Waals surface area contributed by atoms with E-state index in [0.717, 1.165) is 5.56 Å². The molecule has 0 aliphatic heterocycles. The van der Waals surface area contributed by atoms with E-state index in [2.05, 4.69) is 6.58 Å². The molecule has 1 aromatic carbocycles. The highest BCUT2D eigenvalue weighted by Crippen LogP contribution is 2.21. The lowest BCUT2D eigenvalue weighted by Crippen LogP contribution is -2.09. The van der Waals surface area contributed by atoms with Crippen molar-refractivity contribution in [2.75, 3.05) is 6.61 Å². The molecule has 0 radical (unpaired) electrons. The number of carbonyl (C=O) groups is 1. The second-order valence-electron chi connectivity index (χ2n) is 3.43. The minimum atomic E-state index is -0.717. The molecule has 90 valence electrons. The van der Waals surface area contributed by atoms with Crippen LogP contribution in [0.25, 0.3) is 5.57 Å². The predicted octanol–water partition coefficient (Wildman–Crippen LogP) is 3.09. The molecule has 0 spiro atoms. The Kier molecular flexibility index (Phi) is 5.01. The van der Waals surface area contributed by atoms with Gasteiger partial charge in [-0.3, -0.25) is 0 Å². The van der Waals surface area contributed by atoms with Crippen LogP contribution in [-0.2, 0) is 9.53 Å². The number of hydrogen-bond donors (Lipinski definition) is 1. The molecule has 0 atom stereocenters. The molecule has 0 aliphatic rings. The van der Waals surface area contributed by atoms with Gasteiger partial charge >= 0.3 is 5.97 Å². The monoisotopic (exact) mass is 232 g/mol. The Morgan fingerprint density at radius 1 is 1.41 bits per heavy atom. The van der Waals surface area contributed by atoms with E-state index in [1.165, 1.54) is 6.08 Å². The normalized spacial score (nSPS) is 11.6. The number of rotatable bonds is 5. The van der Waals surface area contributed by atoms with Crippen LogP contribution in [0, 0.1) is 0 Å². The van der Waals surface area contributed by atoms with Crippen LogP contribution in [0.4, 0.5) is 0 Å². The molecule has 0 fully saturated rings. The first-order chi connectivity index (χ1) is 8.20. The Bertz CT molecular complexity index is 418. The van der Waals surface area contributed by atoms with Crippen LogP contribution < -0.4 is 0 Å². The first-order valence-corrected chi connectivity index (χ1v) is 5.46. The molecule has 17 heavy (non-hydrogen) atoms. The van der Waals surface area contributed by atoms with Crippen LogP contribution in [0.1, 0.15) is 18.9 Å². The minimum absolute atomic E-state index is 0.0919. The average molecular weight is 232 g/mol. The number of hydrogen-bond acceptors (Lipinski definition) is 3. The van der Waals surface area contributed by atoms with Gasteiger partial charge in [0, 0.05) is 5.57 Å². The molecule has 1 rings (SSSR count). The first kappa shape index (κ1) is 13.0. The second kappa shape index (κ2) is 6.53. The van der Waals surface area contributed by atoms with Crippen LogP contribution >= 0.6 is 0 Å². The molecule has 0 heterocycles. The largest absolute Gasteiger partial charge is 0.502 e. The SMILES string of the molecule is C=CCOC(=O)/C(O)=C(/CC)c1ccccc1. The van der Waals surface area contributed by atoms with Crippen molar-refractivity contribution < 1.29 is 14.6 Å². The molecule has 3 heteroatoms. The molecule has 3 nitrogen and oxygen atoms in total. The lowest BCUT2D eigenvalue weighted by Gasteiger charge is -2.08. The summed E-state index contributed by atoms with van der Waals surface area (Å²) in [7, 11) is 0. The quantitative estimate of drug-likeness (QED) is 0.367. The highest BCUT2D eigenvalue weighted by Gasteiger charge is 2.15. The van der Waals surface area contributed by atoms with Gasteiger partial charge in [0.2, 0.25) is 5.76 Å². The Balaban J connectivity index is 2.98. The summed E-state index contributed by atoms with van der Waals surface area (Å²) in [5.74, 6) is -1.05. The van der Waals surface area contributed by atoms with Gasteiger partial charge in [-0.1, -0.05) is 49.9 Å². The van der Waals surface area contributed by atoms with Gasteiger partial charge in [0.1, 0.15) is 6.61 Å². The average Bonchev–Trinajstić information content (AvgIpc) is 2.38. The van der Waals surface area contributed by atoms with Crippen molar-refractivity contribution in [1.82, 2.24) is 0 Å². The molecular weight excluding hydrogens is 216 g/mol. The smallest absolute Gasteiger partial charge is 0.374 e. The zero-order chi connectivity index (χ0) is 12.7. The van der Waals surface area contributed by atoms with Crippen LogP contribution in [-0.4, -0.2) is 17.7 Å². The van der Waals surface area contributed by atoms with Gasteiger partial charge < -0.3 is 9.84 Å². The molecule has 0 saturated heterocycles. The molecule has 0 amide bonds. The van der Waals surface area contributed by atoms with E-state index in [9.17, 15) is 9.90 Å². The Morgan fingerprint density at radius 3 is 2.59 bits per heavy atom. The summed E-state index contributed by atoms with van der Waals surface area (Å²) in [6.45, 7) is 5.41. The molecule has 1 aromatic rings. The summed E-state index contributed by atoms with van der Waals surface area (Å²) in [6, 6.07) is 9.27. The summed E-state index contributed by atoms with van der Waals surface area (Å²) >= 11 is 0. The zero-order valence-electron chi connectivity index (χ0n) is 9.85. The lowest BCUT2D eigenvalue weighted by atomic mass is 10.0. The van der Waals surface area contributed by atoms with Crippen molar-refractivity contribution in [3.05, 3.63) is 54.3 Å². The van der Waals surface area contributed by atoms with Gasteiger partial charge in [-0.05, 0) is 12.0 Å². The molecule has 0 aliphatic carbocycles. The summed E-state index contributed by atoms with van der Waals surface area (Å²) in [6.07, 6.45) is 2.01. The fraction of sp³-hybridized carbons (Fsp3) is 0.214. The molecule has 0 aromatic heterocycles. The summed E-state index contributed by atoms with van der Waals surface area (Å²) in [4.78, 5) is 11.5. The molecular formula is C14H16O3. The van der Waals surface area contributed by atoms with Crippen LogP contribution in [0.15, 0.2) is 48.7 Å². The van der Waals surface area contributed by atoms with E-state index >= 15 is 0 Å². The van der Waals surface area contributed by atoms with Crippen LogP contribution in [0.5, 0.6) is 0 Å². The van der Waals surface area contributed by atoms with Crippen molar-refractivity contribution in [3.8, 4) is 0 Å². The summed E-state index contributed by atoms with van der Waals surface area (Å²) < 4.78 is 4.79. The standard InChI is InChI=1S/C14H16O3/c1-3-10-17-14(16)13(15)12(4-2)11-8-6-5-7-9-11/h3,5-9,15H,1,4,10H2,2H3/b13-12+. The fourth-order valence-corrected chi connectivity index (χ4v) is 1.47. The number of ether oxygens (including phenoxy) is 1. The minimum Gasteiger partial charge on any atom is -0.502 e. The van der Waals surface area contributed by atoms with Gasteiger partial charge in [-0.2, -0.15) is 0 Å². The number of aliphatic hydroxyl groups is 1. The van der Waals surface area contributed by atoms with Crippen molar-refractivity contribution in [3.63, 3.8) is 0 Å². The van der Waals surface area contributed by atoms with E-state index in [1.54, 1.807) is 0 Å². The summed E-state index contributed by atoms with van der Waals surface area (Å²) in [5.41, 5.74) is 1.41. The van der Waals surface area contributed by atoms with Gasteiger partial charge in [0.15, 0.2) is 0 Å². The predicted molar refractivity (Wildman–Crippen MR) is 67.4 cm³/mol. The second-order valence-corrected chi connectivity index (χ2v) is 3.43. The Labute approximate surface area is 101 Å². The molecule has 0 saturated carbocycles. The molecule has 0 bridgehead atoms. The van der Waals surface area contributed by atoms with Gasteiger partial charge in [0.25, 0.3) is 0 Å². The lowest BCUT2D eigenvalue weighted by molar-refractivity contribution is -0.140. The Morgan fingerprint density at radius 2 is 2.06 bits per heavy atom. The molecule has 1 N–H and O–H groups in total. The number of benzene rings is 1. The van der Waals surface area contributed by atoms with Gasteiger partial charge in [-0.25, -0.2) is 4.79 Å². The van der Waals surface area contributed by atoms with Gasteiger partial charge in [0.05, 0.1) is 0 Å². The molecule has 0 unspecified atom stereocenters. The van der Waals surface area contributed by atoms with E-state index < -0.39 is 5.97 Å².